The van der Waals surface area contributed by atoms with Crippen molar-refractivity contribution in [1.82, 2.24) is 5.32 Å². The molecule has 1 aromatic rings. The zero-order chi connectivity index (χ0) is 15.5. The first-order chi connectivity index (χ1) is 10.0. The van der Waals surface area contributed by atoms with E-state index in [1.54, 1.807) is 12.1 Å². The molecule has 1 amide bonds. The summed E-state index contributed by atoms with van der Waals surface area (Å²) in [5.41, 5.74) is -0.198. The number of carboxylic acid groups (broad SMARTS) is 1. The van der Waals surface area contributed by atoms with Crippen LogP contribution in [0.5, 0.6) is 5.75 Å². The summed E-state index contributed by atoms with van der Waals surface area (Å²) in [5, 5.41) is 12.1. The number of rotatable bonds is 5. The molecular weight excluding hydrogens is 270 g/mol. The second-order valence-electron chi connectivity index (χ2n) is 5.21. The predicted octanol–water partition coefficient (Wildman–Crippen LogP) is 2.62. The van der Waals surface area contributed by atoms with Crippen molar-refractivity contribution in [3.63, 3.8) is 0 Å². The maximum Gasteiger partial charge on any atom is 0.339 e. The number of carbonyl (C=O) groups excluding carboxylic acids is 1. The minimum Gasteiger partial charge on any atom is -0.495 e. The zero-order valence-electron chi connectivity index (χ0n) is 12.0. The van der Waals surface area contributed by atoms with E-state index in [1.165, 1.54) is 19.2 Å². The Morgan fingerprint density at radius 1 is 1.33 bits per heavy atom. The van der Waals surface area contributed by atoms with Crippen LogP contribution >= 0.6 is 0 Å². The number of benzene rings is 1. The number of ether oxygens (including phenoxy) is 1. The first-order valence-electron chi connectivity index (χ1n) is 6.89. The van der Waals surface area contributed by atoms with E-state index in [0.29, 0.717) is 0 Å². The third-order valence-corrected chi connectivity index (χ3v) is 3.94. The van der Waals surface area contributed by atoms with Crippen LogP contribution in [0, 0.1) is 0 Å². The number of hydrogen-bond acceptors (Lipinski definition) is 3. The molecule has 0 aliphatic heterocycles. The summed E-state index contributed by atoms with van der Waals surface area (Å²) in [6.07, 6.45) is 5.55. The van der Waals surface area contributed by atoms with Crippen molar-refractivity contribution in [2.24, 2.45) is 0 Å². The quantitative estimate of drug-likeness (QED) is 0.817. The maximum absolute atomic E-state index is 12.5. The van der Waals surface area contributed by atoms with Gasteiger partial charge < -0.3 is 15.2 Å². The highest BCUT2D eigenvalue weighted by Crippen LogP contribution is 2.32. The van der Waals surface area contributed by atoms with E-state index in [2.05, 4.69) is 11.9 Å². The van der Waals surface area contributed by atoms with Gasteiger partial charge in [0.2, 0.25) is 0 Å². The summed E-state index contributed by atoms with van der Waals surface area (Å²) >= 11 is 0. The first kappa shape index (κ1) is 15.1. The molecule has 2 rings (SSSR count). The van der Waals surface area contributed by atoms with Crippen LogP contribution in [-0.4, -0.2) is 29.6 Å². The van der Waals surface area contributed by atoms with Gasteiger partial charge in [0.25, 0.3) is 5.91 Å². The molecular formula is C16H19NO4. The number of hydrogen-bond donors (Lipinski definition) is 2. The number of methoxy groups -OCH3 is 1. The number of carboxylic acids is 1. The molecule has 0 atom stereocenters. The Morgan fingerprint density at radius 2 is 1.95 bits per heavy atom. The van der Waals surface area contributed by atoms with Crippen LogP contribution < -0.4 is 10.1 Å². The lowest BCUT2D eigenvalue weighted by molar-refractivity contribution is 0.0693. The summed E-state index contributed by atoms with van der Waals surface area (Å²) in [4.78, 5) is 23.7. The minimum absolute atomic E-state index is 0.0239. The molecule has 5 heteroatoms. The topological polar surface area (TPSA) is 75.6 Å². The molecule has 0 bridgehead atoms. The van der Waals surface area contributed by atoms with Gasteiger partial charge in [-0.15, -0.1) is 6.58 Å². The number of carbonyl (C=O) groups is 2. The van der Waals surface area contributed by atoms with Gasteiger partial charge in [0, 0.05) is 0 Å². The Morgan fingerprint density at radius 3 is 2.48 bits per heavy atom. The second kappa shape index (κ2) is 5.99. The van der Waals surface area contributed by atoms with Crippen LogP contribution in [0.25, 0.3) is 0 Å². The van der Waals surface area contributed by atoms with E-state index in [4.69, 9.17) is 9.84 Å². The standard InChI is InChI=1S/C16H19NO4/c1-3-16(9-4-5-10-16)17-14(18)11-7-6-8-12(15(19)20)13(11)21-2/h3,6-8H,1,4-5,9-10H2,2H3,(H,17,18)(H,19,20). The fourth-order valence-electron chi connectivity index (χ4n) is 2.78. The molecule has 1 saturated carbocycles. The summed E-state index contributed by atoms with van der Waals surface area (Å²) in [6.45, 7) is 3.81. The van der Waals surface area contributed by atoms with E-state index >= 15 is 0 Å². The Kier molecular flexibility index (Phi) is 4.31. The molecule has 0 unspecified atom stereocenters. The van der Waals surface area contributed by atoms with Gasteiger partial charge in [-0.05, 0) is 25.0 Å². The highest BCUT2D eigenvalue weighted by Gasteiger charge is 2.33. The largest absolute Gasteiger partial charge is 0.495 e. The van der Waals surface area contributed by atoms with E-state index in [1.807, 2.05) is 0 Å². The number of amides is 1. The fraction of sp³-hybridized carbons (Fsp3) is 0.375. The van der Waals surface area contributed by atoms with Crippen molar-refractivity contribution in [3.8, 4) is 5.75 Å². The molecule has 0 radical (unpaired) electrons. The number of nitrogens with one attached hydrogen (secondary N) is 1. The van der Waals surface area contributed by atoms with Gasteiger partial charge in [-0.2, -0.15) is 0 Å². The Hall–Kier alpha value is -2.30. The van der Waals surface area contributed by atoms with Gasteiger partial charge in [-0.25, -0.2) is 4.79 Å². The minimum atomic E-state index is -1.12. The molecule has 0 saturated heterocycles. The van der Waals surface area contributed by atoms with Crippen molar-refractivity contribution in [2.45, 2.75) is 31.2 Å². The summed E-state index contributed by atoms with van der Waals surface area (Å²) in [7, 11) is 1.36. The van der Waals surface area contributed by atoms with E-state index < -0.39 is 11.5 Å². The summed E-state index contributed by atoms with van der Waals surface area (Å²) in [6, 6.07) is 4.51. The Balaban J connectivity index is 2.33. The molecule has 0 aromatic heterocycles. The van der Waals surface area contributed by atoms with Crippen molar-refractivity contribution in [1.29, 1.82) is 0 Å². The van der Waals surface area contributed by atoms with Gasteiger partial charge >= 0.3 is 5.97 Å². The molecule has 21 heavy (non-hydrogen) atoms. The first-order valence-corrected chi connectivity index (χ1v) is 6.89. The molecule has 112 valence electrons. The maximum atomic E-state index is 12.5. The van der Waals surface area contributed by atoms with Crippen molar-refractivity contribution in [2.75, 3.05) is 7.11 Å². The van der Waals surface area contributed by atoms with Crippen LogP contribution in [0.1, 0.15) is 46.4 Å². The molecule has 0 spiro atoms. The summed E-state index contributed by atoms with van der Waals surface area (Å²) < 4.78 is 5.12. The molecule has 1 aliphatic carbocycles. The van der Waals surface area contributed by atoms with Crippen LogP contribution in [0.2, 0.25) is 0 Å². The van der Waals surface area contributed by atoms with Crippen molar-refractivity contribution < 1.29 is 19.4 Å². The van der Waals surface area contributed by atoms with Gasteiger partial charge in [0.05, 0.1) is 18.2 Å². The van der Waals surface area contributed by atoms with Crippen molar-refractivity contribution in [3.05, 3.63) is 42.0 Å². The van der Waals surface area contributed by atoms with Crippen LogP contribution in [0.3, 0.4) is 0 Å². The van der Waals surface area contributed by atoms with Gasteiger partial charge in [0.15, 0.2) is 0 Å². The average molecular weight is 289 g/mol. The molecule has 1 aliphatic rings. The van der Waals surface area contributed by atoms with Crippen LogP contribution in [0.4, 0.5) is 0 Å². The lowest BCUT2D eigenvalue weighted by Gasteiger charge is -2.27. The van der Waals surface area contributed by atoms with Crippen LogP contribution in [0.15, 0.2) is 30.9 Å². The third-order valence-electron chi connectivity index (χ3n) is 3.94. The molecule has 1 aromatic carbocycles. The third kappa shape index (κ3) is 2.91. The number of para-hydroxylation sites is 1. The van der Waals surface area contributed by atoms with E-state index in [9.17, 15) is 9.59 Å². The molecule has 0 heterocycles. The van der Waals surface area contributed by atoms with E-state index in [-0.39, 0.29) is 22.8 Å². The predicted molar refractivity (Wildman–Crippen MR) is 78.8 cm³/mol. The molecule has 1 fully saturated rings. The highest BCUT2D eigenvalue weighted by atomic mass is 16.5. The summed E-state index contributed by atoms with van der Waals surface area (Å²) in [5.74, 6) is -1.38. The van der Waals surface area contributed by atoms with Crippen molar-refractivity contribution >= 4 is 11.9 Å². The smallest absolute Gasteiger partial charge is 0.339 e. The average Bonchev–Trinajstić information content (AvgIpc) is 2.95. The van der Waals surface area contributed by atoms with Gasteiger partial charge in [-0.3, -0.25) is 4.79 Å². The van der Waals surface area contributed by atoms with E-state index in [0.717, 1.165) is 25.7 Å². The second-order valence-corrected chi connectivity index (χ2v) is 5.21. The lowest BCUT2D eigenvalue weighted by atomic mass is 9.97. The lowest BCUT2D eigenvalue weighted by Crippen LogP contribution is -2.44. The number of aromatic carboxylic acids is 1. The SMILES string of the molecule is C=CC1(NC(=O)c2cccc(C(=O)O)c2OC)CCCC1. The van der Waals surface area contributed by atoms with Gasteiger partial charge in [0.1, 0.15) is 11.3 Å². The van der Waals surface area contributed by atoms with Crippen LogP contribution in [-0.2, 0) is 0 Å². The monoisotopic (exact) mass is 289 g/mol. The fourth-order valence-corrected chi connectivity index (χ4v) is 2.78. The Labute approximate surface area is 123 Å². The highest BCUT2D eigenvalue weighted by molar-refractivity contribution is 6.02. The molecule has 2 N–H and O–H groups in total. The zero-order valence-corrected chi connectivity index (χ0v) is 12.0. The normalized spacial score (nSPS) is 16.2. The van der Waals surface area contributed by atoms with Gasteiger partial charge in [-0.1, -0.05) is 25.0 Å². The molecule has 5 nitrogen and oxygen atoms in total. The Bertz CT molecular complexity index is 574.